The molecular formula is C11H13ClFN. The summed E-state index contributed by atoms with van der Waals surface area (Å²) in [6, 6.07) is 3.98. The summed E-state index contributed by atoms with van der Waals surface area (Å²) in [5.74, 6) is -0.175. The van der Waals surface area contributed by atoms with Crippen molar-refractivity contribution >= 4 is 11.6 Å². The summed E-state index contributed by atoms with van der Waals surface area (Å²) in [7, 11) is 0. The molecule has 0 saturated carbocycles. The molecule has 3 heteroatoms. The molecule has 2 unspecified atom stereocenters. The van der Waals surface area contributed by atoms with Crippen LogP contribution in [-0.2, 0) is 0 Å². The van der Waals surface area contributed by atoms with Crippen molar-refractivity contribution in [2.24, 2.45) is 0 Å². The van der Waals surface area contributed by atoms with E-state index in [0.29, 0.717) is 16.6 Å². The van der Waals surface area contributed by atoms with Crippen molar-refractivity contribution < 1.29 is 4.39 Å². The van der Waals surface area contributed by atoms with Gasteiger partial charge >= 0.3 is 0 Å². The van der Waals surface area contributed by atoms with Gasteiger partial charge in [0.05, 0.1) is 0 Å². The van der Waals surface area contributed by atoms with E-state index >= 15 is 0 Å². The molecule has 1 aromatic rings. The van der Waals surface area contributed by atoms with Gasteiger partial charge in [0.2, 0.25) is 0 Å². The predicted octanol–water partition coefficient (Wildman–Crippen LogP) is 3.21. The summed E-state index contributed by atoms with van der Waals surface area (Å²) >= 11 is 6.05. The van der Waals surface area contributed by atoms with Gasteiger partial charge in [0.15, 0.2) is 0 Å². The van der Waals surface area contributed by atoms with Crippen LogP contribution in [0.3, 0.4) is 0 Å². The van der Waals surface area contributed by atoms with Gasteiger partial charge in [-0.15, -0.1) is 0 Å². The summed E-state index contributed by atoms with van der Waals surface area (Å²) in [5.41, 5.74) is 1.49. The summed E-state index contributed by atoms with van der Waals surface area (Å²) in [5, 5.41) is 3.96. The summed E-state index contributed by atoms with van der Waals surface area (Å²) in [6.45, 7) is 3.83. The van der Waals surface area contributed by atoms with E-state index < -0.39 is 0 Å². The molecule has 0 radical (unpaired) electrons. The number of halogens is 2. The zero-order chi connectivity index (χ0) is 10.3. The highest BCUT2D eigenvalue weighted by Gasteiger charge is 2.27. The van der Waals surface area contributed by atoms with Crippen LogP contribution in [0.5, 0.6) is 0 Å². The van der Waals surface area contributed by atoms with Crippen molar-refractivity contribution in [1.29, 1.82) is 0 Å². The van der Waals surface area contributed by atoms with Crippen molar-refractivity contribution in [1.82, 2.24) is 5.32 Å². The zero-order valence-electron chi connectivity index (χ0n) is 8.27. The molecular weight excluding hydrogens is 201 g/mol. The van der Waals surface area contributed by atoms with Gasteiger partial charge in [0.1, 0.15) is 5.82 Å². The van der Waals surface area contributed by atoms with Crippen molar-refractivity contribution in [3.8, 4) is 0 Å². The van der Waals surface area contributed by atoms with Gasteiger partial charge < -0.3 is 5.32 Å². The Kier molecular flexibility index (Phi) is 2.50. The number of nitrogens with one attached hydrogen (secondary N) is 1. The Morgan fingerprint density at radius 3 is 2.71 bits per heavy atom. The predicted molar refractivity (Wildman–Crippen MR) is 56.1 cm³/mol. The molecule has 0 bridgehead atoms. The average Bonchev–Trinajstić information content (AvgIpc) is 2.07. The lowest BCUT2D eigenvalue weighted by atomic mass is 9.91. The average molecular weight is 214 g/mol. The van der Waals surface area contributed by atoms with Gasteiger partial charge in [-0.3, -0.25) is 0 Å². The van der Waals surface area contributed by atoms with Crippen LogP contribution in [0.2, 0.25) is 5.02 Å². The van der Waals surface area contributed by atoms with Crippen molar-refractivity contribution in [2.45, 2.75) is 32.4 Å². The zero-order valence-corrected chi connectivity index (χ0v) is 9.03. The maximum Gasteiger partial charge on any atom is 0.126 e. The Labute approximate surface area is 88.3 Å². The van der Waals surface area contributed by atoms with E-state index in [0.717, 1.165) is 12.0 Å². The second-order valence-corrected chi connectivity index (χ2v) is 4.39. The fourth-order valence-electron chi connectivity index (χ4n) is 1.82. The lowest BCUT2D eigenvalue weighted by molar-refractivity contribution is 0.287. The topological polar surface area (TPSA) is 12.0 Å². The molecule has 1 N–H and O–H groups in total. The first-order valence-electron chi connectivity index (χ1n) is 4.79. The molecule has 76 valence electrons. The highest BCUT2D eigenvalue weighted by Crippen LogP contribution is 2.33. The molecule has 0 spiro atoms. The van der Waals surface area contributed by atoms with Crippen LogP contribution in [0.1, 0.15) is 30.5 Å². The maximum absolute atomic E-state index is 13.3. The van der Waals surface area contributed by atoms with E-state index in [2.05, 4.69) is 12.2 Å². The van der Waals surface area contributed by atoms with E-state index in [1.807, 2.05) is 0 Å². The van der Waals surface area contributed by atoms with Crippen LogP contribution in [0.4, 0.5) is 4.39 Å². The first kappa shape index (κ1) is 9.94. The third-order valence-corrected chi connectivity index (χ3v) is 3.06. The van der Waals surface area contributed by atoms with E-state index in [9.17, 15) is 4.39 Å². The largest absolute Gasteiger partial charge is 0.307 e. The minimum absolute atomic E-state index is 0.175. The SMILES string of the molecule is Cc1cc(Cl)c(C2CC(C)N2)cc1F. The highest BCUT2D eigenvalue weighted by atomic mass is 35.5. The molecule has 14 heavy (non-hydrogen) atoms. The van der Waals surface area contributed by atoms with E-state index in [1.54, 1.807) is 19.1 Å². The maximum atomic E-state index is 13.3. The number of rotatable bonds is 1. The van der Waals surface area contributed by atoms with Crippen LogP contribution >= 0.6 is 11.6 Å². The summed E-state index contributed by atoms with van der Waals surface area (Å²) in [6.07, 6.45) is 1.03. The van der Waals surface area contributed by atoms with Gasteiger partial charge in [-0.05, 0) is 43.5 Å². The quantitative estimate of drug-likeness (QED) is 0.756. The highest BCUT2D eigenvalue weighted by molar-refractivity contribution is 6.31. The van der Waals surface area contributed by atoms with Gasteiger partial charge in [-0.25, -0.2) is 4.39 Å². The minimum atomic E-state index is -0.175. The molecule has 1 heterocycles. The molecule has 1 aliphatic heterocycles. The Hall–Kier alpha value is -0.600. The standard InChI is InChI=1S/C11H13ClFN/c1-6-3-9(12)8(5-10(6)13)11-4-7(2)14-11/h3,5,7,11,14H,4H2,1-2H3. The van der Waals surface area contributed by atoms with E-state index in [1.165, 1.54) is 0 Å². The molecule has 1 fully saturated rings. The summed E-state index contributed by atoms with van der Waals surface area (Å²) < 4.78 is 13.3. The van der Waals surface area contributed by atoms with Crippen LogP contribution in [0.15, 0.2) is 12.1 Å². The Bertz CT molecular complexity index is 359. The van der Waals surface area contributed by atoms with E-state index in [-0.39, 0.29) is 11.9 Å². The number of hydrogen-bond donors (Lipinski definition) is 1. The second-order valence-electron chi connectivity index (χ2n) is 3.98. The normalized spacial score (nSPS) is 26.0. The summed E-state index contributed by atoms with van der Waals surface area (Å²) in [4.78, 5) is 0. The molecule has 0 aliphatic carbocycles. The van der Waals surface area contributed by atoms with Crippen molar-refractivity contribution in [3.05, 3.63) is 34.1 Å². The fourth-order valence-corrected chi connectivity index (χ4v) is 2.17. The fraction of sp³-hybridized carbons (Fsp3) is 0.455. The molecule has 1 aromatic carbocycles. The van der Waals surface area contributed by atoms with Crippen LogP contribution in [0, 0.1) is 12.7 Å². The molecule has 2 atom stereocenters. The number of hydrogen-bond acceptors (Lipinski definition) is 1. The molecule has 0 aromatic heterocycles. The van der Waals surface area contributed by atoms with Crippen LogP contribution < -0.4 is 5.32 Å². The van der Waals surface area contributed by atoms with Crippen molar-refractivity contribution in [3.63, 3.8) is 0 Å². The smallest absolute Gasteiger partial charge is 0.126 e. The molecule has 0 amide bonds. The molecule has 1 aliphatic rings. The number of benzene rings is 1. The Balaban J connectivity index is 2.30. The number of aryl methyl sites for hydroxylation is 1. The van der Waals surface area contributed by atoms with Crippen molar-refractivity contribution in [2.75, 3.05) is 0 Å². The monoisotopic (exact) mass is 213 g/mol. The Morgan fingerprint density at radius 1 is 1.50 bits per heavy atom. The first-order valence-corrected chi connectivity index (χ1v) is 5.17. The third kappa shape index (κ3) is 1.64. The van der Waals surface area contributed by atoms with Gasteiger partial charge in [0, 0.05) is 17.1 Å². The third-order valence-electron chi connectivity index (χ3n) is 2.73. The van der Waals surface area contributed by atoms with E-state index in [4.69, 9.17) is 11.6 Å². The van der Waals surface area contributed by atoms with Crippen LogP contribution in [-0.4, -0.2) is 6.04 Å². The van der Waals surface area contributed by atoms with Crippen LogP contribution in [0.25, 0.3) is 0 Å². The molecule has 1 saturated heterocycles. The minimum Gasteiger partial charge on any atom is -0.307 e. The Morgan fingerprint density at radius 2 is 2.14 bits per heavy atom. The second kappa shape index (κ2) is 3.52. The van der Waals surface area contributed by atoms with Gasteiger partial charge in [0.25, 0.3) is 0 Å². The van der Waals surface area contributed by atoms with Gasteiger partial charge in [-0.2, -0.15) is 0 Å². The molecule has 1 nitrogen and oxygen atoms in total. The first-order chi connectivity index (χ1) is 6.58. The lowest BCUT2D eigenvalue weighted by Crippen LogP contribution is -2.43. The van der Waals surface area contributed by atoms with Gasteiger partial charge in [-0.1, -0.05) is 11.6 Å². The lowest BCUT2D eigenvalue weighted by Gasteiger charge is -2.35. The molecule has 2 rings (SSSR count).